The molecule has 0 saturated heterocycles. The van der Waals surface area contributed by atoms with Crippen molar-refractivity contribution < 1.29 is 24.3 Å². The number of nitrogens with zero attached hydrogens (tertiary/aromatic N) is 1. The van der Waals surface area contributed by atoms with Crippen molar-refractivity contribution in [1.29, 1.82) is 0 Å². The molecule has 0 saturated carbocycles. The van der Waals surface area contributed by atoms with E-state index in [9.17, 15) is 20.0 Å². The van der Waals surface area contributed by atoms with Crippen molar-refractivity contribution in [2.45, 2.75) is 6.04 Å². The summed E-state index contributed by atoms with van der Waals surface area (Å²) in [6.07, 6.45) is 0. The van der Waals surface area contributed by atoms with Crippen molar-refractivity contribution in [2.75, 3.05) is 14.2 Å². The van der Waals surface area contributed by atoms with Gasteiger partial charge < -0.3 is 20.3 Å². The molecule has 1 rings (SSSR count). The van der Waals surface area contributed by atoms with Crippen molar-refractivity contribution in [1.82, 2.24) is 0 Å². The lowest BCUT2D eigenvalue weighted by Crippen LogP contribution is -2.22. The van der Waals surface area contributed by atoms with Gasteiger partial charge in [-0.1, -0.05) is 0 Å². The van der Waals surface area contributed by atoms with E-state index in [1.165, 1.54) is 13.2 Å². The van der Waals surface area contributed by atoms with Crippen molar-refractivity contribution in [3.05, 3.63) is 27.8 Å². The number of phenols is 1. The summed E-state index contributed by atoms with van der Waals surface area (Å²) < 4.78 is 9.21. The molecule has 0 heterocycles. The molecule has 19 heavy (non-hydrogen) atoms. The number of nitro benzene ring substituents is 1. The van der Waals surface area contributed by atoms with Gasteiger partial charge in [-0.25, -0.2) is 0 Å². The zero-order valence-corrected chi connectivity index (χ0v) is 11.0. The molecule has 0 aliphatic carbocycles. The number of phenolic OH excluding ortho intramolecular Hbond substituents is 1. The van der Waals surface area contributed by atoms with Crippen LogP contribution < -0.4 is 10.5 Å². The molecule has 0 aliphatic rings. The smallest absolute Gasteiger partial charge is 0.327 e. The molecular weight excluding hydrogens is 280 g/mol. The Balaban J connectivity index is 0.00000324. The minimum Gasteiger partial charge on any atom is -0.500 e. The Morgan fingerprint density at radius 2 is 2.05 bits per heavy atom. The number of esters is 1. The highest BCUT2D eigenvalue weighted by Gasteiger charge is 2.25. The molecule has 1 aromatic rings. The summed E-state index contributed by atoms with van der Waals surface area (Å²) in [4.78, 5) is 21.2. The van der Waals surface area contributed by atoms with Gasteiger partial charge in [0.25, 0.3) is 0 Å². The number of rotatable bonds is 4. The molecule has 106 valence electrons. The van der Waals surface area contributed by atoms with Gasteiger partial charge in [-0.2, -0.15) is 0 Å². The number of aromatic hydroxyl groups is 1. The maximum absolute atomic E-state index is 11.3. The molecule has 0 fully saturated rings. The first kappa shape index (κ1) is 16.9. The first-order valence-electron chi connectivity index (χ1n) is 4.81. The summed E-state index contributed by atoms with van der Waals surface area (Å²) in [5.41, 5.74) is 5.08. The van der Waals surface area contributed by atoms with Crippen molar-refractivity contribution >= 4 is 24.1 Å². The van der Waals surface area contributed by atoms with Gasteiger partial charge in [0.1, 0.15) is 6.04 Å². The summed E-state index contributed by atoms with van der Waals surface area (Å²) in [7, 11) is 2.38. The van der Waals surface area contributed by atoms with E-state index in [1.807, 2.05) is 0 Å². The third-order valence-corrected chi connectivity index (χ3v) is 2.31. The molecule has 3 N–H and O–H groups in total. The lowest BCUT2D eigenvalue weighted by molar-refractivity contribution is -0.386. The standard InChI is InChI=1S/C10H12N2O6.ClH/c1-17-7-4-5(8(11)10(14)18-2)3-6(9(7)13)12(15)16;/h3-4,8,13H,11H2,1-2H3;1H/t8-;/m1./s1. The number of methoxy groups -OCH3 is 2. The van der Waals surface area contributed by atoms with E-state index in [0.29, 0.717) is 0 Å². The van der Waals surface area contributed by atoms with Crippen LogP contribution >= 0.6 is 12.4 Å². The van der Waals surface area contributed by atoms with Crippen LogP contribution in [-0.4, -0.2) is 30.2 Å². The number of benzene rings is 1. The number of nitro groups is 1. The van der Waals surface area contributed by atoms with E-state index in [0.717, 1.165) is 13.2 Å². The lowest BCUT2D eigenvalue weighted by Gasteiger charge is -2.12. The number of hydrogen-bond acceptors (Lipinski definition) is 7. The van der Waals surface area contributed by atoms with Crippen LogP contribution in [0, 0.1) is 10.1 Å². The molecule has 9 heteroatoms. The first-order chi connectivity index (χ1) is 8.42. The molecular formula is C10H13ClN2O6. The van der Waals surface area contributed by atoms with Crippen LogP contribution in [0.15, 0.2) is 12.1 Å². The molecule has 0 amide bonds. The fraction of sp³-hybridized carbons (Fsp3) is 0.300. The molecule has 0 bridgehead atoms. The highest BCUT2D eigenvalue weighted by molar-refractivity contribution is 5.85. The monoisotopic (exact) mass is 292 g/mol. The Labute approximate surface area is 114 Å². The minimum atomic E-state index is -1.19. The number of carbonyl (C=O) groups excluding carboxylic acids is 1. The van der Waals surface area contributed by atoms with E-state index in [1.54, 1.807) is 0 Å². The maximum Gasteiger partial charge on any atom is 0.327 e. The van der Waals surface area contributed by atoms with Crippen LogP contribution in [0.5, 0.6) is 11.5 Å². The van der Waals surface area contributed by atoms with Crippen LogP contribution in [0.4, 0.5) is 5.69 Å². The van der Waals surface area contributed by atoms with E-state index in [2.05, 4.69) is 4.74 Å². The summed E-state index contributed by atoms with van der Waals surface area (Å²) >= 11 is 0. The molecule has 0 aliphatic heterocycles. The first-order valence-corrected chi connectivity index (χ1v) is 4.81. The number of hydrogen-bond donors (Lipinski definition) is 2. The van der Waals surface area contributed by atoms with Crippen LogP contribution in [0.25, 0.3) is 0 Å². The van der Waals surface area contributed by atoms with Crippen LogP contribution in [-0.2, 0) is 9.53 Å². The highest BCUT2D eigenvalue weighted by atomic mass is 35.5. The quantitative estimate of drug-likeness (QED) is 0.480. The number of carbonyl (C=O) groups is 1. The largest absolute Gasteiger partial charge is 0.500 e. The van der Waals surface area contributed by atoms with Crippen molar-refractivity contribution in [2.24, 2.45) is 5.73 Å². The zero-order valence-electron chi connectivity index (χ0n) is 10.2. The van der Waals surface area contributed by atoms with Gasteiger partial charge in [-0.3, -0.25) is 14.9 Å². The second-order valence-corrected chi connectivity index (χ2v) is 3.35. The third-order valence-electron chi connectivity index (χ3n) is 2.31. The molecule has 1 atom stereocenters. The Hall–Kier alpha value is -2.06. The summed E-state index contributed by atoms with van der Waals surface area (Å²) in [6.45, 7) is 0. The average molecular weight is 293 g/mol. The second-order valence-electron chi connectivity index (χ2n) is 3.35. The van der Waals surface area contributed by atoms with Crippen molar-refractivity contribution in [3.63, 3.8) is 0 Å². The molecule has 1 aromatic carbocycles. The van der Waals surface area contributed by atoms with Gasteiger partial charge in [0.05, 0.1) is 19.1 Å². The van der Waals surface area contributed by atoms with E-state index >= 15 is 0 Å². The predicted molar refractivity (Wildman–Crippen MR) is 67.5 cm³/mol. The van der Waals surface area contributed by atoms with Gasteiger partial charge in [-0.05, 0) is 11.6 Å². The van der Waals surface area contributed by atoms with E-state index < -0.39 is 28.4 Å². The van der Waals surface area contributed by atoms with Gasteiger partial charge in [0, 0.05) is 6.07 Å². The third kappa shape index (κ3) is 3.46. The topological polar surface area (TPSA) is 125 Å². The summed E-state index contributed by atoms with van der Waals surface area (Å²) in [5, 5.41) is 20.3. The van der Waals surface area contributed by atoms with Gasteiger partial charge >= 0.3 is 11.7 Å². The normalized spacial score (nSPS) is 11.1. The van der Waals surface area contributed by atoms with Crippen LogP contribution in [0.2, 0.25) is 0 Å². The molecule has 0 spiro atoms. The average Bonchev–Trinajstić information content (AvgIpc) is 2.36. The summed E-state index contributed by atoms with van der Waals surface area (Å²) in [6, 6.07) is 1.05. The maximum atomic E-state index is 11.3. The van der Waals surface area contributed by atoms with Gasteiger partial charge in [0.15, 0.2) is 5.75 Å². The predicted octanol–water partition coefficient (Wildman–Crippen LogP) is 0.904. The Bertz CT molecular complexity index is 493. The Morgan fingerprint density at radius 3 is 2.47 bits per heavy atom. The van der Waals surface area contributed by atoms with Crippen LogP contribution in [0.1, 0.15) is 11.6 Å². The second kappa shape index (κ2) is 6.76. The summed E-state index contributed by atoms with van der Waals surface area (Å²) in [5.74, 6) is -1.51. The van der Waals surface area contributed by atoms with E-state index in [4.69, 9.17) is 10.5 Å². The van der Waals surface area contributed by atoms with Gasteiger partial charge in [-0.15, -0.1) is 12.4 Å². The Morgan fingerprint density at radius 1 is 1.47 bits per heavy atom. The molecule has 0 unspecified atom stereocenters. The highest BCUT2D eigenvalue weighted by Crippen LogP contribution is 2.38. The molecule has 0 radical (unpaired) electrons. The number of ether oxygens (including phenoxy) is 2. The van der Waals surface area contributed by atoms with Gasteiger partial charge in [0.2, 0.25) is 5.75 Å². The minimum absolute atomic E-state index is 0. The zero-order chi connectivity index (χ0) is 13.9. The van der Waals surface area contributed by atoms with Crippen molar-refractivity contribution in [3.8, 4) is 11.5 Å². The molecule has 8 nitrogen and oxygen atoms in total. The fourth-order valence-corrected chi connectivity index (χ4v) is 1.35. The molecule has 0 aromatic heterocycles. The SMILES string of the molecule is COC(=O)[C@H](N)c1cc(OC)c(O)c([N+](=O)[O-])c1.Cl. The fourth-order valence-electron chi connectivity index (χ4n) is 1.35. The number of halogens is 1. The van der Waals surface area contributed by atoms with E-state index in [-0.39, 0.29) is 23.7 Å². The lowest BCUT2D eigenvalue weighted by atomic mass is 10.1. The van der Waals surface area contributed by atoms with Crippen LogP contribution in [0.3, 0.4) is 0 Å². The Kier molecular flexibility index (Phi) is 6.03. The number of nitrogens with two attached hydrogens (primary N) is 1.